The zero-order chi connectivity index (χ0) is 15.5. The Labute approximate surface area is 128 Å². The maximum atomic E-state index is 12.6. The molecule has 0 aliphatic heterocycles. The highest BCUT2D eigenvalue weighted by Crippen LogP contribution is 2.28. The number of para-hydroxylation sites is 3. The molecule has 1 heterocycles. The number of methoxy groups -OCH3 is 1. The van der Waals surface area contributed by atoms with Crippen LogP contribution in [0.3, 0.4) is 0 Å². The SMILES string of the molecule is COc1ccccc1O[C@H](C)C(=O)c1c[nH]c2ccccc12. The fourth-order valence-electron chi connectivity index (χ4n) is 2.45. The molecule has 0 bridgehead atoms. The summed E-state index contributed by atoms with van der Waals surface area (Å²) in [6, 6.07) is 15.0. The molecule has 112 valence electrons. The van der Waals surface area contributed by atoms with E-state index in [1.807, 2.05) is 36.4 Å². The standard InChI is InChI=1S/C18H17NO3/c1-12(22-17-10-6-5-9-16(17)21-2)18(20)14-11-19-15-8-4-3-7-13(14)15/h3-12,19H,1-2H3/t12-/m1/s1. The van der Waals surface area contributed by atoms with Crippen molar-refractivity contribution in [3.63, 3.8) is 0 Å². The molecule has 0 unspecified atom stereocenters. The van der Waals surface area contributed by atoms with Crippen LogP contribution in [-0.2, 0) is 0 Å². The van der Waals surface area contributed by atoms with Crippen LogP contribution in [0.2, 0.25) is 0 Å². The third kappa shape index (κ3) is 2.55. The van der Waals surface area contributed by atoms with Gasteiger partial charge in [-0.1, -0.05) is 30.3 Å². The molecule has 4 nitrogen and oxygen atoms in total. The summed E-state index contributed by atoms with van der Waals surface area (Å²) in [6.45, 7) is 1.75. The summed E-state index contributed by atoms with van der Waals surface area (Å²) in [6.07, 6.45) is 1.13. The van der Waals surface area contributed by atoms with Gasteiger partial charge in [-0.2, -0.15) is 0 Å². The third-order valence-electron chi connectivity index (χ3n) is 3.60. The van der Waals surface area contributed by atoms with E-state index in [2.05, 4.69) is 4.98 Å². The van der Waals surface area contributed by atoms with Crippen LogP contribution < -0.4 is 9.47 Å². The minimum atomic E-state index is -0.601. The van der Waals surface area contributed by atoms with Gasteiger partial charge in [0.15, 0.2) is 17.6 Å². The van der Waals surface area contributed by atoms with Crippen LogP contribution in [0.25, 0.3) is 10.9 Å². The van der Waals surface area contributed by atoms with E-state index >= 15 is 0 Å². The van der Waals surface area contributed by atoms with E-state index in [0.29, 0.717) is 17.1 Å². The van der Waals surface area contributed by atoms with Gasteiger partial charge in [0.05, 0.1) is 7.11 Å². The number of ether oxygens (including phenoxy) is 2. The van der Waals surface area contributed by atoms with Crippen molar-refractivity contribution in [3.8, 4) is 11.5 Å². The molecule has 0 fully saturated rings. The van der Waals surface area contributed by atoms with Crippen molar-refractivity contribution in [2.45, 2.75) is 13.0 Å². The number of aromatic nitrogens is 1. The van der Waals surface area contributed by atoms with Gasteiger partial charge in [0, 0.05) is 22.7 Å². The molecular weight excluding hydrogens is 278 g/mol. The monoisotopic (exact) mass is 295 g/mol. The maximum Gasteiger partial charge on any atom is 0.205 e. The molecule has 0 radical (unpaired) electrons. The number of carbonyl (C=O) groups excluding carboxylic acids is 1. The van der Waals surface area contributed by atoms with E-state index in [1.165, 1.54) is 0 Å². The topological polar surface area (TPSA) is 51.3 Å². The molecule has 0 aliphatic rings. The molecule has 1 aromatic heterocycles. The van der Waals surface area contributed by atoms with Crippen molar-refractivity contribution < 1.29 is 14.3 Å². The molecule has 1 atom stereocenters. The number of hydrogen-bond donors (Lipinski definition) is 1. The molecule has 3 rings (SSSR count). The quantitative estimate of drug-likeness (QED) is 0.728. The molecule has 0 saturated heterocycles. The molecular formula is C18H17NO3. The van der Waals surface area contributed by atoms with Crippen molar-refractivity contribution in [2.24, 2.45) is 0 Å². The molecule has 1 N–H and O–H groups in total. The fraction of sp³-hybridized carbons (Fsp3) is 0.167. The number of ketones is 1. The lowest BCUT2D eigenvalue weighted by molar-refractivity contribution is 0.0815. The maximum absolute atomic E-state index is 12.6. The Morgan fingerprint density at radius 1 is 1.05 bits per heavy atom. The number of Topliss-reactive ketones (excluding diaryl/α,β-unsaturated/α-hetero) is 1. The first-order valence-electron chi connectivity index (χ1n) is 7.10. The number of aromatic amines is 1. The van der Waals surface area contributed by atoms with Crippen LogP contribution in [0.1, 0.15) is 17.3 Å². The summed E-state index contributed by atoms with van der Waals surface area (Å²) in [5.74, 6) is 1.11. The largest absolute Gasteiger partial charge is 0.493 e. The lowest BCUT2D eigenvalue weighted by atomic mass is 10.1. The molecule has 4 heteroatoms. The van der Waals surface area contributed by atoms with Crippen molar-refractivity contribution in [2.75, 3.05) is 7.11 Å². The van der Waals surface area contributed by atoms with Gasteiger partial charge in [0.25, 0.3) is 0 Å². The smallest absolute Gasteiger partial charge is 0.205 e. The Kier molecular flexibility index (Phi) is 3.83. The molecule has 0 aliphatic carbocycles. The lowest BCUT2D eigenvalue weighted by Gasteiger charge is -2.15. The Balaban J connectivity index is 1.86. The second-order valence-electron chi connectivity index (χ2n) is 5.02. The van der Waals surface area contributed by atoms with Crippen molar-refractivity contribution in [1.82, 2.24) is 4.98 Å². The second-order valence-corrected chi connectivity index (χ2v) is 5.02. The average molecular weight is 295 g/mol. The van der Waals surface area contributed by atoms with Crippen LogP contribution in [0, 0.1) is 0 Å². The van der Waals surface area contributed by atoms with Crippen molar-refractivity contribution in [1.29, 1.82) is 0 Å². The number of hydrogen-bond acceptors (Lipinski definition) is 3. The van der Waals surface area contributed by atoms with E-state index in [4.69, 9.17) is 9.47 Å². The van der Waals surface area contributed by atoms with Gasteiger partial charge in [-0.25, -0.2) is 0 Å². The molecule has 22 heavy (non-hydrogen) atoms. The van der Waals surface area contributed by atoms with Gasteiger partial charge in [0.2, 0.25) is 5.78 Å². The summed E-state index contributed by atoms with van der Waals surface area (Å²) in [7, 11) is 1.58. The summed E-state index contributed by atoms with van der Waals surface area (Å²) in [4.78, 5) is 15.7. The van der Waals surface area contributed by atoms with Crippen LogP contribution in [0.15, 0.2) is 54.7 Å². The minimum Gasteiger partial charge on any atom is -0.493 e. The van der Waals surface area contributed by atoms with Gasteiger partial charge < -0.3 is 14.5 Å². The Morgan fingerprint density at radius 2 is 1.73 bits per heavy atom. The minimum absolute atomic E-state index is 0.0663. The average Bonchev–Trinajstić information content (AvgIpc) is 2.98. The number of nitrogens with one attached hydrogen (secondary N) is 1. The Hall–Kier alpha value is -2.75. The lowest BCUT2D eigenvalue weighted by Crippen LogP contribution is -2.23. The molecule has 0 amide bonds. The van der Waals surface area contributed by atoms with E-state index in [1.54, 1.807) is 32.4 Å². The summed E-state index contributed by atoms with van der Waals surface area (Å²) >= 11 is 0. The van der Waals surface area contributed by atoms with E-state index in [9.17, 15) is 4.79 Å². The first kappa shape index (κ1) is 14.2. The summed E-state index contributed by atoms with van der Waals surface area (Å²) < 4.78 is 11.0. The molecule has 0 saturated carbocycles. The number of benzene rings is 2. The van der Waals surface area contributed by atoms with Crippen molar-refractivity contribution in [3.05, 3.63) is 60.3 Å². The van der Waals surface area contributed by atoms with E-state index < -0.39 is 6.10 Å². The first-order valence-corrected chi connectivity index (χ1v) is 7.10. The highest BCUT2D eigenvalue weighted by Gasteiger charge is 2.21. The summed E-state index contributed by atoms with van der Waals surface area (Å²) in [5.41, 5.74) is 1.58. The highest BCUT2D eigenvalue weighted by atomic mass is 16.5. The van der Waals surface area contributed by atoms with Gasteiger partial charge in [-0.3, -0.25) is 4.79 Å². The zero-order valence-electron chi connectivity index (χ0n) is 12.5. The normalized spacial score (nSPS) is 12.1. The summed E-state index contributed by atoms with van der Waals surface area (Å²) in [5, 5.41) is 0.906. The van der Waals surface area contributed by atoms with Gasteiger partial charge in [-0.05, 0) is 25.1 Å². The van der Waals surface area contributed by atoms with Gasteiger partial charge in [0.1, 0.15) is 0 Å². The van der Waals surface area contributed by atoms with Gasteiger partial charge >= 0.3 is 0 Å². The van der Waals surface area contributed by atoms with Crippen LogP contribution >= 0.6 is 0 Å². The number of fused-ring (bicyclic) bond motifs is 1. The fourth-order valence-corrected chi connectivity index (χ4v) is 2.45. The molecule has 2 aromatic carbocycles. The first-order chi connectivity index (χ1) is 10.7. The van der Waals surface area contributed by atoms with Gasteiger partial charge in [-0.15, -0.1) is 0 Å². The molecule has 3 aromatic rings. The predicted octanol–water partition coefficient (Wildman–Crippen LogP) is 3.83. The predicted molar refractivity (Wildman–Crippen MR) is 85.7 cm³/mol. The van der Waals surface area contributed by atoms with E-state index in [0.717, 1.165) is 10.9 Å². The van der Waals surface area contributed by atoms with E-state index in [-0.39, 0.29) is 5.78 Å². The number of rotatable bonds is 5. The Morgan fingerprint density at radius 3 is 2.50 bits per heavy atom. The zero-order valence-corrected chi connectivity index (χ0v) is 12.5. The highest BCUT2D eigenvalue weighted by molar-refractivity contribution is 6.09. The number of H-pyrrole nitrogens is 1. The second kappa shape index (κ2) is 5.93. The third-order valence-corrected chi connectivity index (χ3v) is 3.60. The number of carbonyl (C=O) groups is 1. The molecule has 0 spiro atoms. The van der Waals surface area contributed by atoms with Crippen LogP contribution in [0.4, 0.5) is 0 Å². The van der Waals surface area contributed by atoms with Crippen LogP contribution in [0.5, 0.6) is 11.5 Å². The van der Waals surface area contributed by atoms with Crippen molar-refractivity contribution >= 4 is 16.7 Å². The Bertz CT molecular complexity index is 807. The van der Waals surface area contributed by atoms with Crippen LogP contribution in [-0.4, -0.2) is 24.0 Å².